The predicted molar refractivity (Wildman–Crippen MR) is 171 cm³/mol. The Hall–Kier alpha value is -2.27. The Morgan fingerprint density at radius 3 is 1.20 bits per heavy atom. The van der Waals surface area contributed by atoms with E-state index in [0.717, 1.165) is 6.42 Å². The Kier molecular flexibility index (Phi) is 32.4. The minimum atomic E-state index is -0.547. The zero-order chi connectivity index (χ0) is 33.9. The van der Waals surface area contributed by atoms with Gasteiger partial charge < -0.3 is 61.6 Å². The highest BCUT2D eigenvalue weighted by atomic mass is 16.6. The molecule has 14 nitrogen and oxygen atoms in total. The van der Waals surface area contributed by atoms with Crippen molar-refractivity contribution in [3.63, 3.8) is 0 Å². The van der Waals surface area contributed by atoms with E-state index in [1.807, 2.05) is 13.8 Å². The second-order valence-corrected chi connectivity index (χ2v) is 8.84. The summed E-state index contributed by atoms with van der Waals surface area (Å²) in [5.74, 6) is 0.380. The van der Waals surface area contributed by atoms with E-state index in [1.165, 1.54) is 7.11 Å². The summed E-state index contributed by atoms with van der Waals surface area (Å²) in [7, 11) is 6.20. The fourth-order valence-electron chi connectivity index (χ4n) is 3.35. The van der Waals surface area contributed by atoms with Gasteiger partial charge in [-0.2, -0.15) is 0 Å². The van der Waals surface area contributed by atoms with Crippen LogP contribution in [0.25, 0.3) is 0 Å². The van der Waals surface area contributed by atoms with Crippen LogP contribution in [0.3, 0.4) is 0 Å². The first-order valence-corrected chi connectivity index (χ1v) is 15.8. The van der Waals surface area contributed by atoms with Crippen LogP contribution in [0.5, 0.6) is 17.2 Å². The van der Waals surface area contributed by atoms with Crippen LogP contribution in [0.1, 0.15) is 30.6 Å². The molecule has 0 aliphatic heterocycles. The van der Waals surface area contributed by atoms with Gasteiger partial charge in [0.05, 0.1) is 98.6 Å². The maximum Gasteiger partial charge on any atom is 0.338 e. The predicted octanol–water partition coefficient (Wildman–Crippen LogP) is 3.06. The average molecular weight is 667 g/mol. The number of methoxy groups -OCH3 is 4. The topological polar surface area (TPSA) is 137 Å². The summed E-state index contributed by atoms with van der Waals surface area (Å²) < 4.78 is 70.8. The molecule has 0 aliphatic rings. The molecule has 0 bridgehead atoms. The van der Waals surface area contributed by atoms with Crippen LogP contribution in [-0.2, 0) is 47.4 Å². The molecule has 0 N–H and O–H groups in total. The summed E-state index contributed by atoms with van der Waals surface area (Å²) in [5, 5.41) is 0. The lowest BCUT2D eigenvalue weighted by molar-refractivity contribution is 0.0154. The molecule has 270 valence electrons. The standard InChI is InChI=1S/C30H52O14.C2H6/c1-32-6-5-7-36-12-13-39-18-21-42-27-24-26(30(31)35-4)25-28(43-22-19-40-16-14-37-10-8-33-2)29(27)44-23-20-41-17-15-38-11-9-34-3;1-2/h24-25H,5-23H2,1-4H3;1-2H3. The smallest absolute Gasteiger partial charge is 0.338 e. The van der Waals surface area contributed by atoms with Gasteiger partial charge in [0.15, 0.2) is 11.5 Å². The summed E-state index contributed by atoms with van der Waals surface area (Å²) in [6.07, 6.45) is 0.825. The fraction of sp³-hybridized carbons (Fsp3) is 0.781. The summed E-state index contributed by atoms with van der Waals surface area (Å²) >= 11 is 0. The van der Waals surface area contributed by atoms with Gasteiger partial charge in [-0.15, -0.1) is 0 Å². The highest BCUT2D eigenvalue weighted by Crippen LogP contribution is 2.39. The molecule has 1 rings (SSSR count). The van der Waals surface area contributed by atoms with E-state index in [9.17, 15) is 4.79 Å². The van der Waals surface area contributed by atoms with Crippen molar-refractivity contribution < 1.29 is 66.4 Å². The molecule has 1 aromatic carbocycles. The van der Waals surface area contributed by atoms with Crippen LogP contribution in [0.4, 0.5) is 0 Å². The maximum atomic E-state index is 12.4. The second kappa shape index (κ2) is 34.1. The molecule has 0 spiro atoms. The van der Waals surface area contributed by atoms with E-state index in [1.54, 1.807) is 33.5 Å². The molecule has 0 aliphatic carbocycles. The monoisotopic (exact) mass is 666 g/mol. The highest BCUT2D eigenvalue weighted by Gasteiger charge is 2.19. The number of ether oxygens (including phenoxy) is 13. The molecule has 0 fully saturated rings. The first-order valence-electron chi connectivity index (χ1n) is 15.8. The molecule has 0 saturated carbocycles. The first-order chi connectivity index (χ1) is 22.7. The lowest BCUT2D eigenvalue weighted by atomic mass is 10.2. The van der Waals surface area contributed by atoms with Gasteiger partial charge >= 0.3 is 5.97 Å². The first kappa shape index (κ1) is 43.7. The van der Waals surface area contributed by atoms with Crippen molar-refractivity contribution in [1.82, 2.24) is 0 Å². The van der Waals surface area contributed by atoms with Gasteiger partial charge in [-0.3, -0.25) is 0 Å². The van der Waals surface area contributed by atoms with Crippen LogP contribution in [0.2, 0.25) is 0 Å². The van der Waals surface area contributed by atoms with Crippen LogP contribution in [-0.4, -0.2) is 153 Å². The number of carbonyl (C=O) groups excluding carboxylic acids is 1. The molecule has 1 aromatic rings. The molecule has 0 aromatic heterocycles. The molecular weight excluding hydrogens is 608 g/mol. The minimum absolute atomic E-state index is 0.196. The Bertz CT molecular complexity index is 811. The van der Waals surface area contributed by atoms with Crippen molar-refractivity contribution in [3.05, 3.63) is 17.7 Å². The minimum Gasteiger partial charge on any atom is -0.487 e. The van der Waals surface area contributed by atoms with Gasteiger partial charge in [-0.25, -0.2) is 4.79 Å². The Labute approximate surface area is 275 Å². The van der Waals surface area contributed by atoms with Crippen LogP contribution < -0.4 is 14.2 Å². The normalized spacial score (nSPS) is 10.7. The number of hydrogen-bond acceptors (Lipinski definition) is 14. The lowest BCUT2D eigenvalue weighted by Crippen LogP contribution is -2.16. The van der Waals surface area contributed by atoms with E-state index in [0.29, 0.717) is 116 Å². The van der Waals surface area contributed by atoms with Crippen molar-refractivity contribution in [2.75, 3.05) is 147 Å². The van der Waals surface area contributed by atoms with E-state index in [2.05, 4.69) is 0 Å². The van der Waals surface area contributed by atoms with Crippen molar-refractivity contribution in [1.29, 1.82) is 0 Å². The molecule has 0 radical (unpaired) electrons. The summed E-state index contributed by atoms with van der Waals surface area (Å²) in [6, 6.07) is 3.09. The summed E-state index contributed by atoms with van der Waals surface area (Å²) in [6.45, 7) is 11.4. The molecule has 0 amide bonds. The number of benzene rings is 1. The van der Waals surface area contributed by atoms with Gasteiger partial charge in [0.2, 0.25) is 5.75 Å². The van der Waals surface area contributed by atoms with Crippen molar-refractivity contribution >= 4 is 5.97 Å². The quantitative estimate of drug-likeness (QED) is 0.0823. The van der Waals surface area contributed by atoms with E-state index in [4.69, 9.17) is 61.6 Å². The van der Waals surface area contributed by atoms with Gasteiger partial charge in [-0.1, -0.05) is 13.8 Å². The van der Waals surface area contributed by atoms with Crippen LogP contribution in [0.15, 0.2) is 12.1 Å². The van der Waals surface area contributed by atoms with Crippen molar-refractivity contribution in [3.8, 4) is 17.2 Å². The summed E-state index contributed by atoms with van der Waals surface area (Å²) in [5.41, 5.74) is 0.243. The number of hydrogen-bond donors (Lipinski definition) is 0. The summed E-state index contributed by atoms with van der Waals surface area (Å²) in [4.78, 5) is 12.4. The zero-order valence-corrected chi connectivity index (χ0v) is 28.8. The van der Waals surface area contributed by atoms with Gasteiger partial charge in [0.25, 0.3) is 0 Å². The van der Waals surface area contributed by atoms with Gasteiger partial charge in [-0.05, 0) is 18.6 Å². The SMILES string of the molecule is CC.COCCCOCCOCCOc1cc(C(=O)OC)cc(OCCOCCOCCOC)c1OCCOCCOCCOC. The third-order valence-corrected chi connectivity index (χ3v) is 5.50. The third-order valence-electron chi connectivity index (χ3n) is 5.50. The van der Waals surface area contributed by atoms with Crippen LogP contribution >= 0.6 is 0 Å². The fourth-order valence-corrected chi connectivity index (χ4v) is 3.35. The molecule has 0 saturated heterocycles. The molecule has 0 unspecified atom stereocenters. The maximum absolute atomic E-state index is 12.4. The van der Waals surface area contributed by atoms with Crippen molar-refractivity contribution in [2.24, 2.45) is 0 Å². The number of carbonyl (C=O) groups is 1. The lowest BCUT2D eigenvalue weighted by Gasteiger charge is -2.18. The molecule has 0 heterocycles. The average Bonchev–Trinajstić information content (AvgIpc) is 3.08. The zero-order valence-electron chi connectivity index (χ0n) is 28.8. The van der Waals surface area contributed by atoms with E-state index in [-0.39, 0.29) is 25.4 Å². The largest absolute Gasteiger partial charge is 0.487 e. The number of rotatable bonds is 32. The Balaban J connectivity index is 0.00000991. The Morgan fingerprint density at radius 2 is 0.804 bits per heavy atom. The number of esters is 1. The van der Waals surface area contributed by atoms with Gasteiger partial charge in [0, 0.05) is 34.5 Å². The van der Waals surface area contributed by atoms with Crippen LogP contribution in [0, 0.1) is 0 Å². The highest BCUT2D eigenvalue weighted by molar-refractivity contribution is 5.91. The van der Waals surface area contributed by atoms with Gasteiger partial charge in [0.1, 0.15) is 19.8 Å². The molecule has 46 heavy (non-hydrogen) atoms. The molecule has 0 atom stereocenters. The van der Waals surface area contributed by atoms with Crippen molar-refractivity contribution in [2.45, 2.75) is 20.3 Å². The third kappa shape index (κ3) is 24.0. The Morgan fingerprint density at radius 1 is 0.457 bits per heavy atom. The second-order valence-electron chi connectivity index (χ2n) is 8.84. The van der Waals surface area contributed by atoms with E-state index < -0.39 is 5.97 Å². The molecular formula is C32H58O14. The van der Waals surface area contributed by atoms with E-state index >= 15 is 0 Å². The molecule has 14 heteroatoms.